The van der Waals surface area contributed by atoms with Gasteiger partial charge in [-0.1, -0.05) is 18.2 Å². The third kappa shape index (κ3) is 1.92. The maximum absolute atomic E-state index is 11.9. The number of benzene rings is 1. The van der Waals surface area contributed by atoms with Crippen molar-refractivity contribution in [2.24, 2.45) is 0 Å². The average Bonchev–Trinajstić information content (AvgIpc) is 2.87. The summed E-state index contributed by atoms with van der Waals surface area (Å²) < 4.78 is 0.538. The fourth-order valence-corrected chi connectivity index (χ4v) is 2.60. The van der Waals surface area contributed by atoms with E-state index in [4.69, 9.17) is 5.11 Å². The van der Waals surface area contributed by atoms with E-state index in [1.807, 2.05) is 0 Å². The number of hydrogen-bond donors (Lipinski definition) is 2. The number of rotatable bonds is 2. The van der Waals surface area contributed by atoms with Crippen molar-refractivity contribution >= 4 is 27.5 Å². The average molecular weight is 272 g/mol. The van der Waals surface area contributed by atoms with Crippen LogP contribution in [-0.2, 0) is 0 Å². The molecule has 0 radical (unpaired) electrons. The van der Waals surface area contributed by atoms with E-state index >= 15 is 0 Å². The summed E-state index contributed by atoms with van der Waals surface area (Å²) in [6.45, 7) is 0. The highest BCUT2D eigenvalue weighted by Gasteiger charge is 2.14. The van der Waals surface area contributed by atoms with Gasteiger partial charge in [0.1, 0.15) is 10.5 Å². The van der Waals surface area contributed by atoms with Gasteiger partial charge in [-0.25, -0.2) is 9.78 Å². The quantitative estimate of drug-likeness (QED) is 0.750. The molecule has 0 atom stereocenters. The third-order valence-corrected chi connectivity index (χ3v) is 3.63. The summed E-state index contributed by atoms with van der Waals surface area (Å²) in [4.78, 5) is 30.0. The Morgan fingerprint density at radius 3 is 2.84 bits per heavy atom. The number of fused-ring (bicyclic) bond motifs is 1. The Balaban J connectivity index is 2.30. The van der Waals surface area contributed by atoms with E-state index in [1.54, 1.807) is 29.6 Å². The molecule has 0 aliphatic carbocycles. The van der Waals surface area contributed by atoms with E-state index in [1.165, 1.54) is 17.4 Å². The first-order valence-electron chi connectivity index (χ1n) is 5.47. The summed E-state index contributed by atoms with van der Waals surface area (Å²) in [6.07, 6.45) is 0. The highest BCUT2D eigenvalue weighted by molar-refractivity contribution is 7.17. The molecule has 0 aliphatic heterocycles. The molecule has 0 fully saturated rings. The molecule has 0 unspecified atom stereocenters. The molecule has 0 saturated heterocycles. The molecule has 0 aliphatic rings. The summed E-state index contributed by atoms with van der Waals surface area (Å²) in [5.74, 6) is -0.780. The van der Waals surface area contributed by atoms with Crippen molar-refractivity contribution in [3.63, 3.8) is 0 Å². The number of aromatic nitrogens is 2. The Morgan fingerprint density at radius 1 is 1.26 bits per heavy atom. The Labute approximate surface area is 111 Å². The first-order chi connectivity index (χ1) is 9.16. The number of aromatic amines is 1. The van der Waals surface area contributed by atoms with Gasteiger partial charge in [0.2, 0.25) is 0 Å². The molecule has 2 N–H and O–H groups in total. The largest absolute Gasteiger partial charge is 0.478 e. The summed E-state index contributed by atoms with van der Waals surface area (Å²) in [6, 6.07) is 8.19. The topological polar surface area (TPSA) is 83.0 Å². The zero-order valence-corrected chi connectivity index (χ0v) is 10.4. The second-order valence-corrected chi connectivity index (χ2v) is 4.82. The van der Waals surface area contributed by atoms with E-state index in [2.05, 4.69) is 9.97 Å². The molecule has 0 saturated carbocycles. The van der Waals surface area contributed by atoms with Crippen molar-refractivity contribution in [1.82, 2.24) is 9.97 Å². The Hall–Kier alpha value is -2.47. The zero-order chi connectivity index (χ0) is 13.4. The van der Waals surface area contributed by atoms with E-state index in [0.29, 0.717) is 15.8 Å². The molecular weight excluding hydrogens is 264 g/mol. The molecule has 2 aromatic heterocycles. The molecule has 19 heavy (non-hydrogen) atoms. The maximum atomic E-state index is 11.9. The monoisotopic (exact) mass is 272 g/mol. The van der Waals surface area contributed by atoms with Crippen LogP contribution in [0.5, 0.6) is 0 Å². The van der Waals surface area contributed by atoms with Crippen molar-refractivity contribution < 1.29 is 9.90 Å². The number of nitrogens with zero attached hydrogens (tertiary/aromatic N) is 1. The van der Waals surface area contributed by atoms with E-state index in [9.17, 15) is 9.59 Å². The molecule has 3 aromatic rings. The molecule has 94 valence electrons. The molecule has 2 heterocycles. The van der Waals surface area contributed by atoms with E-state index < -0.39 is 5.97 Å². The summed E-state index contributed by atoms with van der Waals surface area (Å²) in [7, 11) is 0. The summed E-state index contributed by atoms with van der Waals surface area (Å²) >= 11 is 1.31. The van der Waals surface area contributed by atoms with Gasteiger partial charge in [-0.05, 0) is 17.5 Å². The van der Waals surface area contributed by atoms with Crippen LogP contribution >= 0.6 is 11.3 Å². The molecule has 3 rings (SSSR count). The normalized spacial score (nSPS) is 10.7. The molecular formula is C13H8N2O3S. The lowest BCUT2D eigenvalue weighted by atomic mass is 10.1. The van der Waals surface area contributed by atoms with Crippen LogP contribution in [0, 0.1) is 0 Å². The summed E-state index contributed by atoms with van der Waals surface area (Å²) in [5.41, 5.74) is 0.833. The molecule has 5 nitrogen and oxygen atoms in total. The Bertz CT molecular complexity index is 835. The molecule has 1 aromatic carbocycles. The van der Waals surface area contributed by atoms with Crippen LogP contribution in [0.3, 0.4) is 0 Å². The van der Waals surface area contributed by atoms with Crippen LogP contribution in [0.25, 0.3) is 21.6 Å². The molecule has 0 spiro atoms. The second kappa shape index (κ2) is 4.33. The van der Waals surface area contributed by atoms with Gasteiger partial charge in [0.05, 0.1) is 11.1 Å². The van der Waals surface area contributed by atoms with Gasteiger partial charge in [0.15, 0.2) is 0 Å². The minimum Gasteiger partial charge on any atom is -0.478 e. The Kier molecular flexibility index (Phi) is 2.64. The minimum atomic E-state index is -1.05. The lowest BCUT2D eigenvalue weighted by molar-refractivity contribution is 0.0697. The number of carboxylic acid groups (broad SMARTS) is 1. The van der Waals surface area contributed by atoms with Gasteiger partial charge in [-0.2, -0.15) is 0 Å². The molecule has 6 heteroatoms. The van der Waals surface area contributed by atoms with Crippen LogP contribution in [0.4, 0.5) is 0 Å². The SMILES string of the molecule is O=C(O)c1ccccc1-c1nc2ccsc2c(=O)[nH]1. The standard InChI is InChI=1S/C13H8N2O3S/c16-12-10-9(5-6-19-10)14-11(15-12)7-3-1-2-4-8(7)13(17)18/h1-6H,(H,17,18)(H,14,15,16). The van der Waals surface area contributed by atoms with Crippen LogP contribution < -0.4 is 5.56 Å². The lowest BCUT2D eigenvalue weighted by Crippen LogP contribution is -2.09. The minimum absolute atomic E-state index is 0.111. The second-order valence-electron chi connectivity index (χ2n) is 3.90. The number of thiophene rings is 1. The fraction of sp³-hybridized carbons (Fsp3) is 0. The zero-order valence-electron chi connectivity index (χ0n) is 9.58. The number of nitrogens with one attached hydrogen (secondary N) is 1. The van der Waals surface area contributed by atoms with Crippen LogP contribution in [0.1, 0.15) is 10.4 Å². The van der Waals surface area contributed by atoms with Crippen LogP contribution in [0.2, 0.25) is 0 Å². The highest BCUT2D eigenvalue weighted by Crippen LogP contribution is 2.22. The van der Waals surface area contributed by atoms with Gasteiger partial charge < -0.3 is 10.1 Å². The van der Waals surface area contributed by atoms with Crippen molar-refractivity contribution in [3.05, 3.63) is 51.6 Å². The smallest absolute Gasteiger partial charge is 0.336 e. The first-order valence-corrected chi connectivity index (χ1v) is 6.35. The summed E-state index contributed by atoms with van der Waals surface area (Å²) in [5, 5.41) is 10.9. The third-order valence-electron chi connectivity index (χ3n) is 2.73. The van der Waals surface area contributed by atoms with Gasteiger partial charge >= 0.3 is 5.97 Å². The van der Waals surface area contributed by atoms with Crippen LogP contribution in [0.15, 0.2) is 40.5 Å². The van der Waals surface area contributed by atoms with Gasteiger partial charge in [-0.3, -0.25) is 4.79 Å². The highest BCUT2D eigenvalue weighted by atomic mass is 32.1. The maximum Gasteiger partial charge on any atom is 0.336 e. The Morgan fingerprint density at radius 2 is 2.05 bits per heavy atom. The molecule has 0 bridgehead atoms. The number of carboxylic acids is 1. The van der Waals surface area contributed by atoms with Crippen molar-refractivity contribution in [3.8, 4) is 11.4 Å². The molecule has 0 amide bonds. The van der Waals surface area contributed by atoms with E-state index in [0.717, 1.165) is 0 Å². The lowest BCUT2D eigenvalue weighted by Gasteiger charge is -2.04. The number of carbonyl (C=O) groups is 1. The van der Waals surface area contributed by atoms with Gasteiger partial charge in [-0.15, -0.1) is 11.3 Å². The fourth-order valence-electron chi connectivity index (χ4n) is 1.88. The number of hydrogen-bond acceptors (Lipinski definition) is 4. The van der Waals surface area contributed by atoms with Crippen molar-refractivity contribution in [1.29, 1.82) is 0 Å². The number of H-pyrrole nitrogens is 1. The number of aromatic carboxylic acids is 1. The first kappa shape index (κ1) is 11.6. The van der Waals surface area contributed by atoms with Crippen molar-refractivity contribution in [2.75, 3.05) is 0 Å². The van der Waals surface area contributed by atoms with E-state index in [-0.39, 0.29) is 16.9 Å². The predicted molar refractivity (Wildman–Crippen MR) is 72.6 cm³/mol. The predicted octanol–water partition coefficient (Wildman–Crippen LogP) is 2.35. The van der Waals surface area contributed by atoms with Crippen molar-refractivity contribution in [2.45, 2.75) is 0 Å². The van der Waals surface area contributed by atoms with Gasteiger partial charge in [0, 0.05) is 5.56 Å². The van der Waals surface area contributed by atoms with Gasteiger partial charge in [0.25, 0.3) is 5.56 Å². The van der Waals surface area contributed by atoms with Crippen LogP contribution in [-0.4, -0.2) is 21.0 Å².